The predicted octanol–water partition coefficient (Wildman–Crippen LogP) is 2.10. The summed E-state index contributed by atoms with van der Waals surface area (Å²) in [6.45, 7) is 1.94. The van der Waals surface area contributed by atoms with Gasteiger partial charge in [-0.25, -0.2) is 0 Å². The van der Waals surface area contributed by atoms with E-state index in [1.165, 1.54) is 0 Å². The minimum Gasteiger partial charge on any atom is -0.337 e. The number of rotatable bonds is 2. The molecule has 0 aromatic heterocycles. The number of hydrogen-bond acceptors (Lipinski definition) is 2. The molecule has 2 heteroatoms. The van der Waals surface area contributed by atoms with Crippen molar-refractivity contribution in [3.8, 4) is 5.75 Å². The average molecular weight is 137 g/mol. The Hall–Kier alpha value is -1.02. The van der Waals surface area contributed by atoms with E-state index in [1.807, 2.05) is 31.2 Å². The van der Waals surface area contributed by atoms with Gasteiger partial charge in [0.25, 0.3) is 0 Å². The van der Waals surface area contributed by atoms with Crippen LogP contribution < -0.4 is 4.89 Å². The summed E-state index contributed by atoms with van der Waals surface area (Å²) in [5.41, 5.74) is 1.03. The zero-order valence-corrected chi connectivity index (χ0v) is 5.83. The van der Waals surface area contributed by atoms with Crippen LogP contribution >= 0.6 is 0 Å². The van der Waals surface area contributed by atoms with Crippen LogP contribution in [0, 0.1) is 14.0 Å². The lowest BCUT2D eigenvalue weighted by Gasteiger charge is -2.01. The second-order valence-corrected chi connectivity index (χ2v) is 1.97. The van der Waals surface area contributed by atoms with Crippen molar-refractivity contribution in [1.82, 2.24) is 0 Å². The van der Waals surface area contributed by atoms with Crippen molar-refractivity contribution in [3.63, 3.8) is 0 Å². The summed E-state index contributed by atoms with van der Waals surface area (Å²) in [4.78, 5) is 8.98. The normalized spacial score (nSPS) is 9.40. The third-order valence-electron chi connectivity index (χ3n) is 1.24. The van der Waals surface area contributed by atoms with Gasteiger partial charge in [-0.2, -0.15) is 4.89 Å². The molecule has 0 saturated carbocycles. The van der Waals surface area contributed by atoms with Gasteiger partial charge in [0.2, 0.25) is 0 Å². The Morgan fingerprint density at radius 2 is 2.00 bits per heavy atom. The molecule has 2 nitrogen and oxygen atoms in total. The van der Waals surface area contributed by atoms with Crippen molar-refractivity contribution in [2.45, 2.75) is 6.92 Å². The summed E-state index contributed by atoms with van der Waals surface area (Å²) < 4.78 is 0. The van der Waals surface area contributed by atoms with Crippen molar-refractivity contribution in [1.29, 1.82) is 0 Å². The van der Waals surface area contributed by atoms with Crippen LogP contribution in [0.3, 0.4) is 0 Å². The zero-order valence-electron chi connectivity index (χ0n) is 5.83. The molecule has 0 unspecified atom stereocenters. The van der Waals surface area contributed by atoms with Gasteiger partial charge in [0.15, 0.2) is 5.75 Å². The molecule has 0 N–H and O–H groups in total. The molecule has 0 aliphatic carbocycles. The number of benzene rings is 1. The van der Waals surface area contributed by atoms with E-state index in [2.05, 4.69) is 12.0 Å². The van der Waals surface area contributed by atoms with Gasteiger partial charge in [0.05, 0.1) is 0 Å². The highest BCUT2D eigenvalue weighted by Crippen LogP contribution is 2.15. The lowest BCUT2D eigenvalue weighted by molar-refractivity contribution is -0.154. The molecule has 1 aromatic carbocycles. The fourth-order valence-electron chi connectivity index (χ4n) is 0.713. The highest BCUT2D eigenvalue weighted by molar-refractivity contribution is 5.31. The van der Waals surface area contributed by atoms with Crippen LogP contribution in [0.2, 0.25) is 0 Å². The first-order valence-corrected chi connectivity index (χ1v) is 2.99. The molecule has 1 rings (SSSR count). The van der Waals surface area contributed by atoms with Crippen molar-refractivity contribution in [2.75, 3.05) is 0 Å². The van der Waals surface area contributed by atoms with Crippen molar-refractivity contribution >= 4 is 0 Å². The van der Waals surface area contributed by atoms with Gasteiger partial charge in [-0.3, -0.25) is 0 Å². The zero-order chi connectivity index (χ0) is 7.40. The fraction of sp³-hybridized carbons (Fsp3) is 0.125. The molecule has 0 aliphatic rings. The van der Waals surface area contributed by atoms with Crippen LogP contribution in [0.4, 0.5) is 0 Å². The summed E-state index contributed by atoms with van der Waals surface area (Å²) in [5.74, 6) is 0.706. The van der Waals surface area contributed by atoms with Crippen LogP contribution in [-0.2, 0) is 4.89 Å². The second kappa shape index (κ2) is 3.22. The molecule has 0 atom stereocenters. The summed E-state index contributed by atoms with van der Waals surface area (Å²) in [6.07, 6.45) is 0. The Balaban J connectivity index is 2.81. The van der Waals surface area contributed by atoms with E-state index in [0.29, 0.717) is 5.75 Å². The Bertz CT molecular complexity index is 208. The van der Waals surface area contributed by atoms with Gasteiger partial charge in [-0.1, -0.05) is 18.2 Å². The molecular weight excluding hydrogens is 128 g/mol. The van der Waals surface area contributed by atoms with Gasteiger partial charge in [-0.15, -0.1) is 0 Å². The summed E-state index contributed by atoms with van der Waals surface area (Å²) in [5, 5.41) is 0. The third-order valence-corrected chi connectivity index (χ3v) is 1.24. The van der Waals surface area contributed by atoms with Crippen LogP contribution in [-0.4, -0.2) is 0 Å². The molecule has 0 amide bonds. The van der Waals surface area contributed by atoms with Crippen LogP contribution in [0.1, 0.15) is 5.56 Å². The molecule has 0 heterocycles. The van der Waals surface area contributed by atoms with Crippen molar-refractivity contribution in [2.24, 2.45) is 0 Å². The highest BCUT2D eigenvalue weighted by atomic mass is 17.2. The van der Waals surface area contributed by atoms with E-state index in [1.54, 1.807) is 0 Å². The van der Waals surface area contributed by atoms with Gasteiger partial charge >= 0.3 is 0 Å². The Kier molecular flexibility index (Phi) is 2.29. The molecule has 53 valence electrons. The topological polar surface area (TPSA) is 18.5 Å². The van der Waals surface area contributed by atoms with Gasteiger partial charge < -0.3 is 4.89 Å². The van der Waals surface area contributed by atoms with Gasteiger partial charge in [0.1, 0.15) is 7.11 Å². The summed E-state index contributed by atoms with van der Waals surface area (Å²) >= 11 is 0. The van der Waals surface area contributed by atoms with Gasteiger partial charge in [-0.05, 0) is 18.6 Å². The molecule has 0 saturated heterocycles. The van der Waals surface area contributed by atoms with E-state index < -0.39 is 0 Å². The highest BCUT2D eigenvalue weighted by Gasteiger charge is 1.94. The first-order valence-electron chi connectivity index (χ1n) is 2.99. The maximum absolute atomic E-state index is 4.73. The largest absolute Gasteiger partial charge is 0.337 e. The second-order valence-electron chi connectivity index (χ2n) is 1.97. The Labute approximate surface area is 60.3 Å². The van der Waals surface area contributed by atoms with E-state index in [-0.39, 0.29) is 0 Å². The quantitative estimate of drug-likeness (QED) is 0.459. The maximum Gasteiger partial charge on any atom is 0.168 e. The maximum atomic E-state index is 4.73. The first-order chi connectivity index (χ1) is 4.84. The molecule has 0 spiro atoms. The van der Waals surface area contributed by atoms with Crippen LogP contribution in [0.15, 0.2) is 24.3 Å². The predicted molar refractivity (Wildman–Crippen MR) is 38.2 cm³/mol. The monoisotopic (exact) mass is 137 g/mol. The average Bonchev–Trinajstić information content (AvgIpc) is 1.94. The van der Waals surface area contributed by atoms with E-state index in [9.17, 15) is 0 Å². The SMILES string of the molecule is [CH2]OOc1ccccc1C. The molecule has 1 aromatic rings. The lowest BCUT2D eigenvalue weighted by atomic mass is 10.2. The fourth-order valence-corrected chi connectivity index (χ4v) is 0.713. The smallest absolute Gasteiger partial charge is 0.168 e. The van der Waals surface area contributed by atoms with E-state index in [0.717, 1.165) is 5.56 Å². The molecule has 0 bridgehead atoms. The van der Waals surface area contributed by atoms with E-state index in [4.69, 9.17) is 4.89 Å². The Morgan fingerprint density at radius 3 is 2.60 bits per heavy atom. The molecule has 10 heavy (non-hydrogen) atoms. The first kappa shape index (κ1) is 7.09. The van der Waals surface area contributed by atoms with Gasteiger partial charge in [0, 0.05) is 0 Å². The molecule has 0 aliphatic heterocycles. The minimum absolute atomic E-state index is 0.706. The molecular formula is C8H9O2. The van der Waals surface area contributed by atoms with E-state index >= 15 is 0 Å². The summed E-state index contributed by atoms with van der Waals surface area (Å²) in [7, 11) is 3.10. The number of aryl methyl sites for hydroxylation is 1. The van der Waals surface area contributed by atoms with Crippen LogP contribution in [0.25, 0.3) is 0 Å². The molecule has 0 fully saturated rings. The standard InChI is InChI=1S/C8H9O2/c1-7-5-3-4-6-8(7)10-9-2/h3-6H,2H2,1H3. The van der Waals surface area contributed by atoms with Crippen molar-refractivity contribution < 1.29 is 9.78 Å². The van der Waals surface area contributed by atoms with Crippen molar-refractivity contribution in [3.05, 3.63) is 36.9 Å². The number of hydrogen-bond donors (Lipinski definition) is 0. The number of para-hydroxylation sites is 1. The third kappa shape index (κ3) is 1.48. The lowest BCUT2D eigenvalue weighted by Crippen LogP contribution is -1.90. The Morgan fingerprint density at radius 1 is 1.30 bits per heavy atom. The minimum atomic E-state index is 0.706. The summed E-state index contributed by atoms with van der Waals surface area (Å²) in [6, 6.07) is 7.57. The molecule has 1 radical (unpaired) electrons. The van der Waals surface area contributed by atoms with Crippen LogP contribution in [0.5, 0.6) is 5.75 Å².